The highest BCUT2D eigenvalue weighted by Crippen LogP contribution is 2.26. The lowest BCUT2D eigenvalue weighted by molar-refractivity contribution is -0.0258. The van der Waals surface area contributed by atoms with E-state index in [1.54, 1.807) is 0 Å². The van der Waals surface area contributed by atoms with Crippen molar-refractivity contribution in [3.63, 3.8) is 0 Å². The molecule has 29 heavy (non-hydrogen) atoms. The first-order valence-corrected chi connectivity index (χ1v) is 11.1. The van der Waals surface area contributed by atoms with E-state index in [1.807, 2.05) is 24.3 Å². The van der Waals surface area contributed by atoms with E-state index in [1.165, 1.54) is 51.6 Å². The second-order valence-electron chi connectivity index (χ2n) is 6.79. The molecule has 9 heteroatoms. The second-order valence-corrected chi connectivity index (χ2v) is 9.10. The molecule has 1 aliphatic heterocycles. The van der Waals surface area contributed by atoms with Gasteiger partial charge >= 0.3 is 0 Å². The summed E-state index contributed by atoms with van der Waals surface area (Å²) in [6.45, 7) is 2.09. The molecule has 2 aromatic rings. The predicted molar refractivity (Wildman–Crippen MR) is 114 cm³/mol. The van der Waals surface area contributed by atoms with E-state index in [0.717, 1.165) is 18.8 Å². The number of hydroxylamine groups is 1. The second kappa shape index (κ2) is 9.13. The normalized spacial score (nSPS) is 14.8. The molecule has 1 N–H and O–H groups in total. The molecule has 0 spiro atoms. The molecule has 0 saturated carbocycles. The Hall–Kier alpha value is -2.13. The SMILES string of the molecule is CON(C)S(=O)(=O)c1cc(C(=O)Nc2ccc(N3CCCCC3)cc2)ccc1Cl. The van der Waals surface area contributed by atoms with Crippen molar-refractivity contribution in [3.8, 4) is 0 Å². The van der Waals surface area contributed by atoms with Crippen molar-refractivity contribution < 1.29 is 18.0 Å². The summed E-state index contributed by atoms with van der Waals surface area (Å²) in [7, 11) is -1.49. The number of nitrogens with zero attached hydrogens (tertiary/aromatic N) is 2. The van der Waals surface area contributed by atoms with Crippen LogP contribution >= 0.6 is 11.6 Å². The smallest absolute Gasteiger partial charge is 0.266 e. The van der Waals surface area contributed by atoms with Crippen LogP contribution in [0.15, 0.2) is 47.4 Å². The Balaban J connectivity index is 1.76. The van der Waals surface area contributed by atoms with Gasteiger partial charge in [0.15, 0.2) is 0 Å². The van der Waals surface area contributed by atoms with Crippen molar-refractivity contribution in [2.75, 3.05) is 37.5 Å². The van der Waals surface area contributed by atoms with Crippen LogP contribution in [0.1, 0.15) is 29.6 Å². The number of carbonyl (C=O) groups excluding carboxylic acids is 1. The lowest BCUT2D eigenvalue weighted by atomic mass is 10.1. The summed E-state index contributed by atoms with van der Waals surface area (Å²) in [6.07, 6.45) is 3.65. The molecule has 0 radical (unpaired) electrons. The molecular formula is C20H24ClN3O4S. The van der Waals surface area contributed by atoms with Gasteiger partial charge in [0.2, 0.25) is 0 Å². The zero-order valence-corrected chi connectivity index (χ0v) is 18.0. The number of halogens is 1. The molecule has 7 nitrogen and oxygen atoms in total. The highest BCUT2D eigenvalue weighted by molar-refractivity contribution is 7.89. The molecule has 1 heterocycles. The van der Waals surface area contributed by atoms with Crippen molar-refractivity contribution in [1.82, 2.24) is 4.47 Å². The molecule has 0 unspecified atom stereocenters. The maximum absolute atomic E-state index is 12.6. The Morgan fingerprint density at radius 3 is 2.38 bits per heavy atom. The van der Waals surface area contributed by atoms with Crippen molar-refractivity contribution in [2.45, 2.75) is 24.2 Å². The van der Waals surface area contributed by atoms with Gasteiger partial charge < -0.3 is 10.2 Å². The number of sulfonamides is 1. The fraction of sp³-hybridized carbons (Fsp3) is 0.350. The summed E-state index contributed by atoms with van der Waals surface area (Å²) in [6, 6.07) is 11.7. The Kier molecular flexibility index (Phi) is 6.79. The molecule has 156 valence electrons. The van der Waals surface area contributed by atoms with Crippen molar-refractivity contribution >= 4 is 38.9 Å². The highest BCUT2D eigenvalue weighted by atomic mass is 35.5. The number of nitrogens with one attached hydrogen (secondary N) is 1. The standard InChI is InChI=1S/C20H24ClN3O4S/c1-23(28-2)29(26,27)19-14-15(6-11-18(19)21)20(25)22-16-7-9-17(10-8-16)24-12-4-3-5-13-24/h6-11,14H,3-5,12-13H2,1-2H3,(H,22,25). The number of hydrogen-bond donors (Lipinski definition) is 1. The van der Waals surface area contributed by atoms with Crippen LogP contribution in [-0.4, -0.2) is 46.0 Å². The summed E-state index contributed by atoms with van der Waals surface area (Å²) >= 11 is 6.04. The maximum Gasteiger partial charge on any atom is 0.266 e. The lowest BCUT2D eigenvalue weighted by Gasteiger charge is -2.28. The zero-order chi connectivity index (χ0) is 21.0. The Labute approximate surface area is 176 Å². The van der Waals surface area contributed by atoms with Gasteiger partial charge in [-0.3, -0.25) is 9.63 Å². The topological polar surface area (TPSA) is 78.9 Å². The molecule has 1 aliphatic rings. The molecule has 1 fully saturated rings. The van der Waals surface area contributed by atoms with Crippen LogP contribution in [0.3, 0.4) is 0 Å². The van der Waals surface area contributed by atoms with Crippen LogP contribution in [0.2, 0.25) is 5.02 Å². The van der Waals surface area contributed by atoms with E-state index in [0.29, 0.717) is 10.2 Å². The Morgan fingerprint density at radius 1 is 1.10 bits per heavy atom. The fourth-order valence-corrected chi connectivity index (χ4v) is 4.66. The highest BCUT2D eigenvalue weighted by Gasteiger charge is 2.25. The average molecular weight is 438 g/mol. The third-order valence-electron chi connectivity index (χ3n) is 4.91. The van der Waals surface area contributed by atoms with Crippen molar-refractivity contribution in [3.05, 3.63) is 53.1 Å². The van der Waals surface area contributed by atoms with E-state index in [4.69, 9.17) is 16.4 Å². The van der Waals surface area contributed by atoms with Crippen molar-refractivity contribution in [1.29, 1.82) is 0 Å². The van der Waals surface area contributed by atoms with Gasteiger partial charge in [0, 0.05) is 37.1 Å². The summed E-state index contributed by atoms with van der Waals surface area (Å²) in [5, 5.41) is 2.80. The third kappa shape index (κ3) is 4.90. The molecule has 1 saturated heterocycles. The first-order valence-electron chi connectivity index (χ1n) is 9.32. The number of amides is 1. The molecule has 0 aliphatic carbocycles. The van der Waals surface area contributed by atoms with Crippen LogP contribution in [0.4, 0.5) is 11.4 Å². The summed E-state index contributed by atoms with van der Waals surface area (Å²) in [4.78, 5) is 19.5. The Bertz CT molecular complexity index is 974. The molecule has 1 amide bonds. The molecule has 0 atom stereocenters. The number of anilines is 2. The van der Waals surface area contributed by atoms with Crippen LogP contribution in [0.25, 0.3) is 0 Å². The van der Waals surface area contributed by atoms with Crippen LogP contribution in [-0.2, 0) is 14.9 Å². The Morgan fingerprint density at radius 2 is 1.76 bits per heavy atom. The number of piperidine rings is 1. The van der Waals surface area contributed by atoms with E-state index >= 15 is 0 Å². The number of rotatable bonds is 6. The minimum atomic E-state index is -3.97. The van der Waals surface area contributed by atoms with E-state index in [2.05, 4.69) is 10.2 Å². The van der Waals surface area contributed by atoms with E-state index < -0.39 is 15.9 Å². The van der Waals surface area contributed by atoms with Crippen LogP contribution in [0, 0.1) is 0 Å². The predicted octanol–water partition coefficient (Wildman–Crippen LogP) is 3.76. The molecule has 2 aromatic carbocycles. The monoisotopic (exact) mass is 437 g/mol. The number of benzene rings is 2. The van der Waals surface area contributed by atoms with E-state index in [-0.39, 0.29) is 15.5 Å². The van der Waals surface area contributed by atoms with Gasteiger partial charge in [-0.2, -0.15) is 0 Å². The number of hydrogen-bond acceptors (Lipinski definition) is 5. The first-order chi connectivity index (χ1) is 13.8. The van der Waals surface area contributed by atoms with E-state index in [9.17, 15) is 13.2 Å². The minimum Gasteiger partial charge on any atom is -0.372 e. The molecule has 0 aromatic heterocycles. The van der Waals surface area contributed by atoms with Gasteiger partial charge in [-0.1, -0.05) is 16.1 Å². The van der Waals surface area contributed by atoms with Crippen molar-refractivity contribution in [2.24, 2.45) is 0 Å². The molecule has 0 bridgehead atoms. The number of carbonyl (C=O) groups is 1. The summed E-state index contributed by atoms with van der Waals surface area (Å²) in [5.74, 6) is -0.427. The van der Waals surface area contributed by atoms with Crippen LogP contribution in [0.5, 0.6) is 0 Å². The van der Waals surface area contributed by atoms with Gasteiger partial charge in [0.05, 0.1) is 12.1 Å². The van der Waals surface area contributed by atoms with Gasteiger partial charge in [-0.15, -0.1) is 0 Å². The quantitative estimate of drug-likeness (QED) is 0.696. The lowest BCUT2D eigenvalue weighted by Crippen LogP contribution is -2.29. The van der Waals surface area contributed by atoms with Gasteiger partial charge in [0.25, 0.3) is 15.9 Å². The van der Waals surface area contributed by atoms with Gasteiger partial charge in [-0.25, -0.2) is 8.42 Å². The van der Waals surface area contributed by atoms with Gasteiger partial charge in [0.1, 0.15) is 4.90 Å². The van der Waals surface area contributed by atoms with Crippen LogP contribution < -0.4 is 10.2 Å². The third-order valence-corrected chi connectivity index (χ3v) is 7.07. The minimum absolute atomic E-state index is 0.0105. The fourth-order valence-electron chi connectivity index (χ4n) is 3.19. The summed E-state index contributed by atoms with van der Waals surface area (Å²) < 4.78 is 25.7. The largest absolute Gasteiger partial charge is 0.372 e. The average Bonchev–Trinajstić information content (AvgIpc) is 2.74. The summed E-state index contributed by atoms with van der Waals surface area (Å²) in [5.41, 5.74) is 1.94. The van der Waals surface area contributed by atoms with Gasteiger partial charge in [-0.05, 0) is 61.7 Å². The molecular weight excluding hydrogens is 414 g/mol. The zero-order valence-electron chi connectivity index (χ0n) is 16.4. The maximum atomic E-state index is 12.6. The molecule has 3 rings (SSSR count). The first kappa shape index (κ1) is 21.6.